The van der Waals surface area contributed by atoms with Gasteiger partial charge in [-0.2, -0.15) is 0 Å². The summed E-state index contributed by atoms with van der Waals surface area (Å²) in [7, 11) is 1.72. The fraction of sp³-hybridized carbons (Fsp3) is 0.818. The number of rotatable bonds is 5. The van der Waals surface area contributed by atoms with Crippen LogP contribution in [0, 0.1) is 0 Å². The Morgan fingerprint density at radius 1 is 1.62 bits per heavy atom. The molecule has 1 aromatic rings. The molecular weight excluding hydrogens is 204 g/mol. The molecular formula is C11H20N4O. The number of methoxy groups -OCH3 is 1. The van der Waals surface area contributed by atoms with Gasteiger partial charge in [0.25, 0.3) is 0 Å². The lowest BCUT2D eigenvalue weighted by atomic mass is 9.93. The number of aromatic nitrogens is 3. The zero-order chi connectivity index (χ0) is 11.4. The molecule has 5 heteroatoms. The zero-order valence-electron chi connectivity index (χ0n) is 10.1. The van der Waals surface area contributed by atoms with Crippen molar-refractivity contribution >= 4 is 0 Å². The van der Waals surface area contributed by atoms with Crippen LogP contribution >= 0.6 is 0 Å². The van der Waals surface area contributed by atoms with E-state index in [2.05, 4.69) is 27.0 Å². The molecule has 2 heterocycles. The molecule has 0 saturated carbocycles. The summed E-state index contributed by atoms with van der Waals surface area (Å²) in [4.78, 5) is 0. The van der Waals surface area contributed by atoms with Gasteiger partial charge < -0.3 is 14.6 Å². The first kappa shape index (κ1) is 11.5. The van der Waals surface area contributed by atoms with Gasteiger partial charge in [0.1, 0.15) is 6.33 Å². The van der Waals surface area contributed by atoms with Crippen LogP contribution in [0.1, 0.15) is 32.0 Å². The second-order valence-corrected chi connectivity index (χ2v) is 4.31. The Bertz CT molecular complexity index is 330. The first-order valence-electron chi connectivity index (χ1n) is 5.94. The van der Waals surface area contributed by atoms with E-state index in [0.29, 0.717) is 6.61 Å². The summed E-state index contributed by atoms with van der Waals surface area (Å²) < 4.78 is 7.21. The molecule has 1 saturated heterocycles. The summed E-state index contributed by atoms with van der Waals surface area (Å²) in [5.74, 6) is 1.06. The third kappa shape index (κ3) is 1.97. The smallest absolute Gasteiger partial charge is 0.153 e. The van der Waals surface area contributed by atoms with E-state index in [1.165, 1.54) is 6.42 Å². The van der Waals surface area contributed by atoms with Crippen LogP contribution in [0.25, 0.3) is 0 Å². The van der Waals surface area contributed by atoms with Crippen LogP contribution in [0.5, 0.6) is 0 Å². The molecule has 0 radical (unpaired) electrons. The maximum absolute atomic E-state index is 5.10. The van der Waals surface area contributed by atoms with E-state index in [1.807, 2.05) is 0 Å². The highest BCUT2D eigenvalue weighted by Crippen LogP contribution is 2.32. The van der Waals surface area contributed by atoms with Crippen LogP contribution in [-0.2, 0) is 16.8 Å². The third-order valence-corrected chi connectivity index (χ3v) is 3.43. The van der Waals surface area contributed by atoms with Gasteiger partial charge >= 0.3 is 0 Å². The van der Waals surface area contributed by atoms with Crippen LogP contribution in [0.3, 0.4) is 0 Å². The molecule has 5 nitrogen and oxygen atoms in total. The second-order valence-electron chi connectivity index (χ2n) is 4.31. The summed E-state index contributed by atoms with van der Waals surface area (Å²) in [5, 5.41) is 11.9. The highest BCUT2D eigenvalue weighted by molar-refractivity contribution is 5.09. The van der Waals surface area contributed by atoms with Gasteiger partial charge in [-0.15, -0.1) is 10.2 Å². The van der Waals surface area contributed by atoms with Gasteiger partial charge in [-0.25, -0.2) is 0 Å². The Hall–Kier alpha value is -0.940. The fourth-order valence-electron chi connectivity index (χ4n) is 2.44. The van der Waals surface area contributed by atoms with Gasteiger partial charge in [-0.05, 0) is 25.8 Å². The van der Waals surface area contributed by atoms with Crippen molar-refractivity contribution in [2.75, 3.05) is 20.3 Å². The predicted molar refractivity (Wildman–Crippen MR) is 61.1 cm³/mol. The highest BCUT2D eigenvalue weighted by atomic mass is 16.5. The molecule has 0 amide bonds. The Balaban J connectivity index is 2.21. The topological polar surface area (TPSA) is 52.0 Å². The molecule has 1 unspecified atom stereocenters. The maximum Gasteiger partial charge on any atom is 0.153 e. The van der Waals surface area contributed by atoms with Gasteiger partial charge in [-0.1, -0.05) is 6.92 Å². The minimum atomic E-state index is 0.0320. The Labute approximate surface area is 96.2 Å². The van der Waals surface area contributed by atoms with Crippen LogP contribution in [0.2, 0.25) is 0 Å². The first-order valence-corrected chi connectivity index (χ1v) is 5.94. The molecule has 90 valence electrons. The largest absolute Gasteiger partial charge is 0.383 e. The molecule has 1 atom stereocenters. The molecule has 0 aliphatic carbocycles. The maximum atomic E-state index is 5.10. The SMILES string of the molecule is CCC1(c2nncn2CCOC)CCCN1. The molecule has 1 fully saturated rings. The molecule has 2 rings (SSSR count). The Morgan fingerprint density at radius 2 is 2.50 bits per heavy atom. The highest BCUT2D eigenvalue weighted by Gasteiger charge is 2.37. The van der Waals surface area contributed by atoms with Crippen molar-refractivity contribution in [3.05, 3.63) is 12.2 Å². The lowest BCUT2D eigenvalue weighted by molar-refractivity contribution is 0.183. The van der Waals surface area contributed by atoms with Crippen LogP contribution in [0.15, 0.2) is 6.33 Å². The predicted octanol–water partition coefficient (Wildman–Crippen LogP) is 0.913. The van der Waals surface area contributed by atoms with Gasteiger partial charge in [0.15, 0.2) is 5.82 Å². The summed E-state index contributed by atoms with van der Waals surface area (Å²) in [6.45, 7) is 4.80. The molecule has 1 aliphatic heterocycles. The molecule has 1 aromatic heterocycles. The van der Waals surface area contributed by atoms with E-state index < -0.39 is 0 Å². The summed E-state index contributed by atoms with van der Waals surface area (Å²) in [5.41, 5.74) is 0.0320. The molecule has 1 N–H and O–H groups in total. The van der Waals surface area contributed by atoms with E-state index in [4.69, 9.17) is 4.74 Å². The number of nitrogens with one attached hydrogen (secondary N) is 1. The van der Waals surface area contributed by atoms with E-state index in [9.17, 15) is 0 Å². The summed E-state index contributed by atoms with van der Waals surface area (Å²) in [6, 6.07) is 0. The summed E-state index contributed by atoms with van der Waals surface area (Å²) in [6.07, 6.45) is 5.21. The second kappa shape index (κ2) is 4.93. The van der Waals surface area contributed by atoms with Gasteiger partial charge in [-0.3, -0.25) is 0 Å². The minimum Gasteiger partial charge on any atom is -0.383 e. The molecule has 16 heavy (non-hydrogen) atoms. The van der Waals surface area contributed by atoms with Crippen molar-refractivity contribution < 1.29 is 4.74 Å². The zero-order valence-corrected chi connectivity index (χ0v) is 10.1. The van der Waals surface area contributed by atoms with Gasteiger partial charge in [0.05, 0.1) is 12.1 Å². The molecule has 0 spiro atoms. The lowest BCUT2D eigenvalue weighted by Gasteiger charge is -2.27. The van der Waals surface area contributed by atoms with Crippen molar-refractivity contribution in [2.45, 2.75) is 38.3 Å². The van der Waals surface area contributed by atoms with Gasteiger partial charge in [0, 0.05) is 13.7 Å². The first-order chi connectivity index (χ1) is 7.82. The lowest BCUT2D eigenvalue weighted by Crippen LogP contribution is -2.39. The van der Waals surface area contributed by atoms with E-state index in [0.717, 1.165) is 31.8 Å². The van der Waals surface area contributed by atoms with Crippen LogP contribution in [-0.4, -0.2) is 35.0 Å². The Morgan fingerprint density at radius 3 is 3.12 bits per heavy atom. The average Bonchev–Trinajstić information content (AvgIpc) is 2.95. The third-order valence-electron chi connectivity index (χ3n) is 3.43. The van der Waals surface area contributed by atoms with Crippen molar-refractivity contribution in [1.29, 1.82) is 0 Å². The van der Waals surface area contributed by atoms with Crippen molar-refractivity contribution in [1.82, 2.24) is 20.1 Å². The van der Waals surface area contributed by atoms with Crippen molar-refractivity contribution in [3.8, 4) is 0 Å². The molecule has 0 aromatic carbocycles. The number of hydrogen-bond acceptors (Lipinski definition) is 4. The average molecular weight is 224 g/mol. The molecule has 1 aliphatic rings. The van der Waals surface area contributed by atoms with E-state index in [1.54, 1.807) is 13.4 Å². The number of ether oxygens (including phenoxy) is 1. The summed E-state index contributed by atoms with van der Waals surface area (Å²) >= 11 is 0. The van der Waals surface area contributed by atoms with Crippen molar-refractivity contribution in [2.24, 2.45) is 0 Å². The van der Waals surface area contributed by atoms with E-state index in [-0.39, 0.29) is 5.54 Å². The standard InChI is InChI=1S/C11H20N4O/c1-3-11(5-4-6-12-11)10-14-13-9-15(10)7-8-16-2/h9,12H,3-8H2,1-2H3. The fourth-order valence-corrected chi connectivity index (χ4v) is 2.44. The quantitative estimate of drug-likeness (QED) is 0.808. The van der Waals surface area contributed by atoms with Crippen molar-refractivity contribution in [3.63, 3.8) is 0 Å². The Kier molecular flexibility index (Phi) is 3.56. The number of hydrogen-bond donors (Lipinski definition) is 1. The monoisotopic (exact) mass is 224 g/mol. The molecule has 0 bridgehead atoms. The van der Waals surface area contributed by atoms with E-state index >= 15 is 0 Å². The number of nitrogens with zero attached hydrogens (tertiary/aromatic N) is 3. The minimum absolute atomic E-state index is 0.0320. The van der Waals surface area contributed by atoms with Crippen LogP contribution in [0.4, 0.5) is 0 Å². The van der Waals surface area contributed by atoms with Gasteiger partial charge in [0.2, 0.25) is 0 Å². The van der Waals surface area contributed by atoms with Crippen LogP contribution < -0.4 is 5.32 Å². The normalized spacial score (nSPS) is 25.1.